The minimum Gasteiger partial charge on any atom is -0.493 e. The Hall–Kier alpha value is -4.75. The van der Waals surface area contributed by atoms with E-state index in [1.807, 2.05) is 44.2 Å². The topological polar surface area (TPSA) is 165 Å². The maximum atomic E-state index is 14.0. The second-order valence-electron chi connectivity index (χ2n) is 12.4. The molecule has 0 aliphatic carbocycles. The summed E-state index contributed by atoms with van der Waals surface area (Å²) in [6, 6.07) is 17.5. The number of rotatable bonds is 18. The number of hydrogen-bond acceptors (Lipinski definition) is 9. The van der Waals surface area contributed by atoms with Crippen LogP contribution in [0.4, 0.5) is 0 Å². The molecule has 0 saturated heterocycles. The van der Waals surface area contributed by atoms with Crippen molar-refractivity contribution in [1.29, 1.82) is 0 Å². The van der Waals surface area contributed by atoms with Crippen LogP contribution in [0.2, 0.25) is 0 Å². The van der Waals surface area contributed by atoms with Crippen LogP contribution in [0.3, 0.4) is 0 Å². The predicted molar refractivity (Wildman–Crippen MR) is 187 cm³/mol. The molecular formula is C36H48BN3O9. The third-order valence-electron chi connectivity index (χ3n) is 7.76. The molecule has 0 aliphatic heterocycles. The average molecular weight is 678 g/mol. The van der Waals surface area contributed by atoms with Crippen molar-refractivity contribution in [2.75, 3.05) is 21.3 Å². The third kappa shape index (κ3) is 11.4. The molecule has 12 nitrogen and oxygen atoms in total. The molecule has 0 radical (unpaired) electrons. The van der Waals surface area contributed by atoms with Crippen LogP contribution in [-0.4, -0.2) is 74.2 Å². The third-order valence-corrected chi connectivity index (χ3v) is 7.76. The molecule has 0 aliphatic rings. The highest BCUT2D eigenvalue weighted by atomic mass is 16.5. The summed E-state index contributed by atoms with van der Waals surface area (Å²) in [4.78, 5) is 40.8. The Kier molecular flexibility index (Phi) is 14.8. The van der Waals surface area contributed by atoms with E-state index in [2.05, 4.69) is 16.0 Å². The lowest BCUT2D eigenvalue weighted by Crippen LogP contribution is -2.59. The Morgan fingerprint density at radius 3 is 2.02 bits per heavy atom. The Morgan fingerprint density at radius 2 is 1.43 bits per heavy atom. The van der Waals surface area contributed by atoms with Gasteiger partial charge in [0.2, 0.25) is 23.5 Å². The van der Waals surface area contributed by atoms with Gasteiger partial charge in [0.1, 0.15) is 23.6 Å². The normalized spacial score (nSPS) is 12.8. The summed E-state index contributed by atoms with van der Waals surface area (Å²) in [5.41, 5.74) is 1.21. The first-order valence-electron chi connectivity index (χ1n) is 16.2. The van der Waals surface area contributed by atoms with Gasteiger partial charge in [-0.3, -0.25) is 14.4 Å². The number of carbonyl (C=O) groups excluding carboxylic acids is 3. The van der Waals surface area contributed by atoms with Gasteiger partial charge < -0.3 is 44.9 Å². The standard InChI is InChI=1S/C36H48BN3O9/c1-22(2)18-30(37(44)45)39-36(43)32(23(3)4)40-35(42)28(21-25-16-17-29(46-5)34(48-7)33(25)47-6)38-31(41)20-24-12-11-15-27(19-24)49-26-13-9-8-10-14-26/h8-17,19,22-23,28,30,32,44-45H,18,20-21H2,1-7H3,(H,38,41)(H,39,43)(H,40,42)/t28-,30-,32-/m0/s1. The number of nitrogens with one attached hydrogen (secondary N) is 3. The molecule has 13 heteroatoms. The molecule has 49 heavy (non-hydrogen) atoms. The van der Waals surface area contributed by atoms with Gasteiger partial charge in [-0.15, -0.1) is 0 Å². The van der Waals surface area contributed by atoms with Gasteiger partial charge in [0.25, 0.3) is 0 Å². The zero-order valence-corrected chi connectivity index (χ0v) is 29.2. The fourth-order valence-electron chi connectivity index (χ4n) is 5.35. The summed E-state index contributed by atoms with van der Waals surface area (Å²) in [6.07, 6.45) is 0.242. The quantitative estimate of drug-likeness (QED) is 0.127. The van der Waals surface area contributed by atoms with Gasteiger partial charge in [-0.25, -0.2) is 0 Å². The predicted octanol–water partition coefficient (Wildman–Crippen LogP) is 3.46. The molecule has 5 N–H and O–H groups in total. The van der Waals surface area contributed by atoms with Gasteiger partial charge in [-0.05, 0) is 54.2 Å². The minimum absolute atomic E-state index is 0.0178. The smallest absolute Gasteiger partial charge is 0.475 e. The number of methoxy groups -OCH3 is 3. The van der Waals surface area contributed by atoms with Gasteiger partial charge in [-0.1, -0.05) is 64.1 Å². The van der Waals surface area contributed by atoms with Gasteiger partial charge in [0, 0.05) is 12.0 Å². The number of benzene rings is 3. The Bertz CT molecular complexity index is 1540. The van der Waals surface area contributed by atoms with Crippen LogP contribution in [0.5, 0.6) is 28.7 Å². The monoisotopic (exact) mass is 677 g/mol. The largest absolute Gasteiger partial charge is 0.493 e. The van der Waals surface area contributed by atoms with Crippen LogP contribution in [-0.2, 0) is 27.2 Å². The lowest BCUT2D eigenvalue weighted by Gasteiger charge is -2.28. The maximum Gasteiger partial charge on any atom is 0.475 e. The zero-order chi connectivity index (χ0) is 36.1. The molecule has 0 aromatic heterocycles. The van der Waals surface area contributed by atoms with Gasteiger partial charge in [-0.2, -0.15) is 0 Å². The Morgan fingerprint density at radius 1 is 0.755 bits per heavy atom. The van der Waals surface area contributed by atoms with Gasteiger partial charge in [0.15, 0.2) is 11.5 Å². The molecule has 0 saturated carbocycles. The van der Waals surface area contributed by atoms with E-state index in [4.69, 9.17) is 18.9 Å². The first-order chi connectivity index (χ1) is 23.4. The highest BCUT2D eigenvalue weighted by Gasteiger charge is 2.33. The Labute approximate surface area is 288 Å². The number of hydrogen-bond donors (Lipinski definition) is 5. The summed E-state index contributed by atoms with van der Waals surface area (Å²) in [5.74, 6) is -0.609. The van der Waals surface area contributed by atoms with Crippen molar-refractivity contribution in [1.82, 2.24) is 16.0 Å². The second-order valence-corrected chi connectivity index (χ2v) is 12.4. The van der Waals surface area contributed by atoms with Crippen LogP contribution in [0.1, 0.15) is 45.2 Å². The lowest BCUT2D eigenvalue weighted by molar-refractivity contribution is -0.132. The van der Waals surface area contributed by atoms with Crippen molar-refractivity contribution in [3.05, 3.63) is 77.9 Å². The molecule has 0 bridgehead atoms. The molecule has 3 rings (SSSR count). The summed E-state index contributed by atoms with van der Waals surface area (Å²) in [6.45, 7) is 7.30. The lowest BCUT2D eigenvalue weighted by atomic mass is 9.75. The van der Waals surface area contributed by atoms with E-state index in [1.165, 1.54) is 21.3 Å². The Balaban J connectivity index is 1.88. The van der Waals surface area contributed by atoms with Crippen molar-refractivity contribution in [2.24, 2.45) is 11.8 Å². The molecule has 3 aromatic rings. The van der Waals surface area contributed by atoms with Crippen LogP contribution < -0.4 is 34.9 Å². The number of carbonyl (C=O) groups is 3. The molecule has 3 atom stereocenters. The summed E-state index contributed by atoms with van der Waals surface area (Å²) in [5, 5.41) is 28.0. The molecule has 0 fully saturated rings. The summed E-state index contributed by atoms with van der Waals surface area (Å²) in [7, 11) is 2.64. The van der Waals surface area contributed by atoms with Crippen LogP contribution in [0, 0.1) is 11.8 Å². The molecule has 0 heterocycles. The number of para-hydroxylation sites is 1. The van der Waals surface area contributed by atoms with E-state index in [9.17, 15) is 24.4 Å². The summed E-state index contributed by atoms with van der Waals surface area (Å²) < 4.78 is 22.5. The van der Waals surface area contributed by atoms with E-state index in [-0.39, 0.29) is 24.7 Å². The van der Waals surface area contributed by atoms with Crippen LogP contribution in [0.15, 0.2) is 66.7 Å². The second kappa shape index (κ2) is 18.7. The van der Waals surface area contributed by atoms with Crippen LogP contribution >= 0.6 is 0 Å². The van der Waals surface area contributed by atoms with Crippen LogP contribution in [0.25, 0.3) is 0 Å². The van der Waals surface area contributed by atoms with E-state index < -0.39 is 42.9 Å². The van der Waals surface area contributed by atoms with Crippen molar-refractivity contribution >= 4 is 24.8 Å². The van der Waals surface area contributed by atoms with Crippen molar-refractivity contribution in [3.63, 3.8) is 0 Å². The molecule has 3 aromatic carbocycles. The first kappa shape index (κ1) is 38.7. The van der Waals surface area contributed by atoms with Gasteiger partial charge >= 0.3 is 7.12 Å². The molecule has 3 amide bonds. The molecule has 264 valence electrons. The van der Waals surface area contributed by atoms with Crippen molar-refractivity contribution in [2.45, 2.75) is 65.0 Å². The van der Waals surface area contributed by atoms with E-state index in [1.54, 1.807) is 50.2 Å². The number of amides is 3. The first-order valence-corrected chi connectivity index (χ1v) is 16.2. The SMILES string of the molecule is COc1ccc(C[C@H](NC(=O)Cc2cccc(Oc3ccccc3)c2)C(=O)N[C@H](C(=O)N[C@@H](CC(C)C)B(O)O)C(C)C)c(OC)c1OC. The van der Waals surface area contributed by atoms with E-state index in [0.29, 0.717) is 46.3 Å². The summed E-state index contributed by atoms with van der Waals surface area (Å²) >= 11 is 0. The minimum atomic E-state index is -1.78. The highest BCUT2D eigenvalue weighted by molar-refractivity contribution is 6.43. The van der Waals surface area contributed by atoms with Crippen molar-refractivity contribution < 1.29 is 43.4 Å². The molecule has 0 unspecified atom stereocenters. The van der Waals surface area contributed by atoms with E-state index >= 15 is 0 Å². The van der Waals surface area contributed by atoms with Gasteiger partial charge in [0.05, 0.1) is 33.7 Å². The zero-order valence-electron chi connectivity index (χ0n) is 29.2. The highest BCUT2D eigenvalue weighted by Crippen LogP contribution is 2.40. The fourth-order valence-corrected chi connectivity index (χ4v) is 5.35. The average Bonchev–Trinajstić information content (AvgIpc) is 3.06. The number of ether oxygens (including phenoxy) is 4. The maximum absolute atomic E-state index is 14.0. The van der Waals surface area contributed by atoms with E-state index in [0.717, 1.165) is 0 Å². The molecular weight excluding hydrogens is 629 g/mol. The fraction of sp³-hybridized carbons (Fsp3) is 0.417. The van der Waals surface area contributed by atoms with Crippen molar-refractivity contribution in [3.8, 4) is 28.7 Å². The molecule has 0 spiro atoms.